The SMILES string of the molecule is CNC(=O)CN(CC1(Cc2ccccc2)CCCC1)C(=O)c1ccc2c(n1)NCC(=O)N2. The number of rotatable bonds is 7. The van der Waals surface area contributed by atoms with E-state index in [2.05, 4.69) is 33.1 Å². The molecule has 1 aliphatic heterocycles. The summed E-state index contributed by atoms with van der Waals surface area (Å²) in [6.07, 6.45) is 5.15. The molecule has 8 nitrogen and oxygen atoms in total. The fraction of sp³-hybridized carbons (Fsp3) is 0.417. The number of anilines is 2. The van der Waals surface area contributed by atoms with Crippen molar-refractivity contribution in [3.63, 3.8) is 0 Å². The van der Waals surface area contributed by atoms with Gasteiger partial charge in [-0.3, -0.25) is 14.4 Å². The molecule has 0 spiro atoms. The number of aromatic nitrogens is 1. The van der Waals surface area contributed by atoms with Crippen molar-refractivity contribution in [3.8, 4) is 0 Å². The number of carbonyl (C=O) groups excluding carboxylic acids is 3. The first-order chi connectivity index (χ1) is 15.5. The Labute approximate surface area is 187 Å². The molecule has 2 heterocycles. The molecule has 1 saturated carbocycles. The van der Waals surface area contributed by atoms with Gasteiger partial charge in [-0.05, 0) is 42.4 Å². The van der Waals surface area contributed by atoms with Crippen LogP contribution in [0, 0.1) is 5.41 Å². The lowest BCUT2D eigenvalue weighted by Gasteiger charge is -2.35. The van der Waals surface area contributed by atoms with Gasteiger partial charge in [0.1, 0.15) is 5.69 Å². The van der Waals surface area contributed by atoms with Crippen LogP contribution in [0.5, 0.6) is 0 Å². The first kappa shape index (κ1) is 21.8. The van der Waals surface area contributed by atoms with E-state index in [1.807, 2.05) is 18.2 Å². The minimum absolute atomic E-state index is 0.0190. The highest BCUT2D eigenvalue weighted by atomic mass is 16.2. The monoisotopic (exact) mass is 435 g/mol. The number of hydrogen-bond acceptors (Lipinski definition) is 5. The van der Waals surface area contributed by atoms with Crippen molar-refractivity contribution in [3.05, 3.63) is 53.7 Å². The number of benzene rings is 1. The standard InChI is InChI=1S/C24H29N5O3/c1-25-21(31)15-29(16-24(11-5-6-12-24)13-17-7-3-2-4-8-17)23(32)19-10-9-18-22(28-19)26-14-20(30)27-18/h2-4,7-10H,5-6,11-16H2,1H3,(H,25,31)(H,26,28)(H,27,30). The maximum absolute atomic E-state index is 13.5. The second-order valence-electron chi connectivity index (χ2n) is 8.70. The quantitative estimate of drug-likeness (QED) is 0.620. The average Bonchev–Trinajstić information content (AvgIpc) is 3.26. The first-order valence-corrected chi connectivity index (χ1v) is 11.1. The molecule has 3 N–H and O–H groups in total. The van der Waals surface area contributed by atoms with Crippen molar-refractivity contribution in [2.75, 3.05) is 37.3 Å². The Bertz CT molecular complexity index is 1000. The average molecular weight is 436 g/mol. The summed E-state index contributed by atoms with van der Waals surface area (Å²) < 4.78 is 0. The smallest absolute Gasteiger partial charge is 0.273 e. The molecule has 0 bridgehead atoms. The van der Waals surface area contributed by atoms with Gasteiger partial charge in [0.25, 0.3) is 5.91 Å². The van der Waals surface area contributed by atoms with Gasteiger partial charge in [-0.25, -0.2) is 4.98 Å². The van der Waals surface area contributed by atoms with Crippen LogP contribution in [-0.2, 0) is 16.0 Å². The lowest BCUT2D eigenvalue weighted by atomic mass is 9.79. The van der Waals surface area contributed by atoms with E-state index in [9.17, 15) is 14.4 Å². The van der Waals surface area contributed by atoms with Crippen LogP contribution in [0.4, 0.5) is 11.5 Å². The Hall–Kier alpha value is -3.42. The molecule has 0 saturated heterocycles. The molecule has 1 aromatic carbocycles. The van der Waals surface area contributed by atoms with E-state index in [4.69, 9.17) is 0 Å². The lowest BCUT2D eigenvalue weighted by molar-refractivity contribution is -0.121. The predicted octanol–water partition coefficient (Wildman–Crippen LogP) is 2.44. The summed E-state index contributed by atoms with van der Waals surface area (Å²) in [7, 11) is 1.57. The number of fused-ring (bicyclic) bond motifs is 1. The van der Waals surface area contributed by atoms with E-state index in [0.29, 0.717) is 18.1 Å². The number of nitrogens with one attached hydrogen (secondary N) is 3. The third kappa shape index (κ3) is 4.90. The molecule has 8 heteroatoms. The van der Waals surface area contributed by atoms with Crippen LogP contribution in [0.3, 0.4) is 0 Å². The molecule has 4 rings (SSSR count). The molecule has 1 aliphatic carbocycles. The number of pyridine rings is 1. The van der Waals surface area contributed by atoms with Gasteiger partial charge < -0.3 is 20.9 Å². The van der Waals surface area contributed by atoms with Crippen LogP contribution < -0.4 is 16.0 Å². The predicted molar refractivity (Wildman–Crippen MR) is 122 cm³/mol. The van der Waals surface area contributed by atoms with E-state index in [1.54, 1.807) is 24.1 Å². The summed E-state index contributed by atoms with van der Waals surface area (Å²) in [4.78, 5) is 43.4. The summed E-state index contributed by atoms with van der Waals surface area (Å²) in [5.74, 6) is -0.178. The fourth-order valence-electron chi connectivity index (χ4n) is 4.74. The lowest BCUT2D eigenvalue weighted by Crippen LogP contribution is -2.46. The van der Waals surface area contributed by atoms with Crippen LogP contribution >= 0.6 is 0 Å². The van der Waals surface area contributed by atoms with E-state index < -0.39 is 0 Å². The highest BCUT2D eigenvalue weighted by Crippen LogP contribution is 2.42. The summed E-state index contributed by atoms with van der Waals surface area (Å²) in [5.41, 5.74) is 1.98. The maximum Gasteiger partial charge on any atom is 0.273 e. The highest BCUT2D eigenvalue weighted by Gasteiger charge is 2.38. The zero-order valence-electron chi connectivity index (χ0n) is 18.3. The van der Waals surface area contributed by atoms with Crippen LogP contribution in [0.25, 0.3) is 0 Å². The molecule has 0 unspecified atom stereocenters. The summed E-state index contributed by atoms with van der Waals surface area (Å²) in [6.45, 7) is 0.589. The fourth-order valence-corrected chi connectivity index (χ4v) is 4.74. The largest absolute Gasteiger partial charge is 0.359 e. The molecule has 168 valence electrons. The second kappa shape index (κ2) is 9.38. The zero-order valence-corrected chi connectivity index (χ0v) is 18.3. The maximum atomic E-state index is 13.5. The first-order valence-electron chi connectivity index (χ1n) is 11.1. The minimum Gasteiger partial charge on any atom is -0.359 e. The third-order valence-electron chi connectivity index (χ3n) is 6.32. The number of hydrogen-bond donors (Lipinski definition) is 3. The Morgan fingerprint density at radius 3 is 2.59 bits per heavy atom. The third-order valence-corrected chi connectivity index (χ3v) is 6.32. The molecular weight excluding hydrogens is 406 g/mol. The summed E-state index contributed by atoms with van der Waals surface area (Å²) in [6, 6.07) is 13.6. The van der Waals surface area contributed by atoms with Crippen molar-refractivity contribution in [1.82, 2.24) is 15.2 Å². The van der Waals surface area contributed by atoms with Gasteiger partial charge >= 0.3 is 0 Å². The Balaban J connectivity index is 1.59. The summed E-state index contributed by atoms with van der Waals surface area (Å²) >= 11 is 0. The summed E-state index contributed by atoms with van der Waals surface area (Å²) in [5, 5.41) is 8.30. The van der Waals surface area contributed by atoms with Gasteiger partial charge in [0.15, 0.2) is 5.82 Å². The molecule has 0 radical (unpaired) electrons. The Morgan fingerprint density at radius 1 is 1.12 bits per heavy atom. The number of amides is 3. The van der Waals surface area contributed by atoms with Crippen LogP contribution in [0.15, 0.2) is 42.5 Å². The minimum atomic E-state index is -0.283. The van der Waals surface area contributed by atoms with Crippen LogP contribution in [0.2, 0.25) is 0 Å². The number of likely N-dealkylation sites (N-methyl/N-ethyl adjacent to an activating group) is 1. The molecule has 2 aromatic rings. The van der Waals surface area contributed by atoms with E-state index in [0.717, 1.165) is 32.1 Å². The van der Waals surface area contributed by atoms with Crippen molar-refractivity contribution < 1.29 is 14.4 Å². The zero-order chi connectivity index (χ0) is 22.6. The molecule has 2 aliphatic rings. The molecule has 3 amide bonds. The van der Waals surface area contributed by atoms with Crippen molar-refractivity contribution in [1.29, 1.82) is 0 Å². The molecule has 32 heavy (non-hydrogen) atoms. The Kier molecular flexibility index (Phi) is 6.39. The van der Waals surface area contributed by atoms with Gasteiger partial charge in [0, 0.05) is 13.6 Å². The number of nitrogens with zero attached hydrogens (tertiary/aromatic N) is 2. The molecule has 0 atom stereocenters. The molecular formula is C24H29N5O3. The molecule has 1 aromatic heterocycles. The van der Waals surface area contributed by atoms with Crippen LogP contribution in [0.1, 0.15) is 41.7 Å². The van der Waals surface area contributed by atoms with Crippen molar-refractivity contribution in [2.24, 2.45) is 5.41 Å². The van der Waals surface area contributed by atoms with E-state index in [-0.39, 0.29) is 41.9 Å². The van der Waals surface area contributed by atoms with Gasteiger partial charge in [0.2, 0.25) is 11.8 Å². The van der Waals surface area contributed by atoms with E-state index >= 15 is 0 Å². The topological polar surface area (TPSA) is 103 Å². The normalized spacial score (nSPS) is 16.5. The van der Waals surface area contributed by atoms with Gasteiger partial charge in [-0.1, -0.05) is 43.2 Å². The van der Waals surface area contributed by atoms with Gasteiger partial charge in [0.05, 0.1) is 18.8 Å². The van der Waals surface area contributed by atoms with Crippen LogP contribution in [-0.4, -0.2) is 54.3 Å². The van der Waals surface area contributed by atoms with Gasteiger partial charge in [-0.2, -0.15) is 0 Å². The highest BCUT2D eigenvalue weighted by molar-refractivity contribution is 6.01. The number of carbonyl (C=O) groups is 3. The van der Waals surface area contributed by atoms with E-state index in [1.165, 1.54) is 5.56 Å². The molecule has 1 fully saturated rings. The van der Waals surface area contributed by atoms with Gasteiger partial charge in [-0.15, -0.1) is 0 Å². The van der Waals surface area contributed by atoms with Crippen molar-refractivity contribution in [2.45, 2.75) is 32.1 Å². The Morgan fingerprint density at radius 2 is 1.88 bits per heavy atom. The van der Waals surface area contributed by atoms with Crippen molar-refractivity contribution >= 4 is 29.2 Å². The second-order valence-corrected chi connectivity index (χ2v) is 8.70.